The molecule has 178 valence electrons. The summed E-state index contributed by atoms with van der Waals surface area (Å²) in [5.41, 5.74) is 8.04. The third-order valence-corrected chi connectivity index (χ3v) is 8.92. The Labute approximate surface area is 228 Å². The van der Waals surface area contributed by atoms with Crippen molar-refractivity contribution in [1.29, 1.82) is 0 Å². The lowest BCUT2D eigenvalue weighted by molar-refractivity contribution is 0.523. The van der Waals surface area contributed by atoms with Crippen LogP contribution in [-0.4, -0.2) is 0 Å². The lowest BCUT2D eigenvalue weighted by Crippen LogP contribution is -2.31. The fraction of sp³-hybridized carbons (Fsp3) is 0.0857. The summed E-state index contributed by atoms with van der Waals surface area (Å²) < 4.78 is 0. The summed E-state index contributed by atoms with van der Waals surface area (Å²) in [6.07, 6.45) is 1.82. The zero-order chi connectivity index (χ0) is 25.0. The predicted molar refractivity (Wildman–Crippen MR) is 162 cm³/mol. The van der Waals surface area contributed by atoms with Crippen molar-refractivity contribution >= 4 is 46.8 Å². The standard InChI is InChI=1S/C35H26S2/c36-33-19-7-13-25-23(9-5-15-29(25)33)21-35(22-24-10-6-16-30-26(24)14-8-20-34(30)37)31-17-3-1-11-27(31)28-12-2-4-18-32(28)35/h1-20,36-37H,21-22H2. The quantitative estimate of drug-likeness (QED) is 0.217. The monoisotopic (exact) mass is 510 g/mol. The van der Waals surface area contributed by atoms with E-state index in [1.54, 1.807) is 0 Å². The molecule has 0 saturated heterocycles. The van der Waals surface area contributed by atoms with Crippen LogP contribution in [0.25, 0.3) is 32.7 Å². The molecule has 0 saturated carbocycles. The zero-order valence-electron chi connectivity index (χ0n) is 20.4. The first-order valence-corrected chi connectivity index (χ1v) is 13.6. The van der Waals surface area contributed by atoms with Crippen LogP contribution in [0.1, 0.15) is 22.3 Å². The molecule has 37 heavy (non-hydrogen) atoms. The average Bonchev–Trinajstić information content (AvgIpc) is 3.20. The maximum Gasteiger partial charge on any atom is 0.0296 e. The third-order valence-electron chi connectivity index (χ3n) is 8.14. The molecule has 6 aromatic carbocycles. The van der Waals surface area contributed by atoms with Crippen LogP contribution in [0.15, 0.2) is 131 Å². The molecule has 0 N–H and O–H groups in total. The fourth-order valence-electron chi connectivity index (χ4n) is 6.53. The van der Waals surface area contributed by atoms with Crippen LogP contribution in [0.2, 0.25) is 0 Å². The summed E-state index contributed by atoms with van der Waals surface area (Å²) in [6, 6.07) is 44.2. The molecule has 0 radical (unpaired) electrons. The Kier molecular flexibility index (Phi) is 5.42. The second-order valence-corrected chi connectivity index (χ2v) is 11.1. The average molecular weight is 511 g/mol. The first kappa shape index (κ1) is 22.7. The van der Waals surface area contributed by atoms with Crippen molar-refractivity contribution in [2.45, 2.75) is 28.0 Å². The summed E-state index contributed by atoms with van der Waals surface area (Å²) in [7, 11) is 0. The SMILES string of the molecule is Sc1cccc2c(CC3(Cc4cccc5c(S)cccc45)c4ccccc4-c4ccccc43)cccc12. The molecule has 0 unspecified atom stereocenters. The van der Waals surface area contributed by atoms with Gasteiger partial charge in [0.15, 0.2) is 0 Å². The molecular weight excluding hydrogens is 485 g/mol. The molecule has 0 aliphatic heterocycles. The highest BCUT2D eigenvalue weighted by atomic mass is 32.1. The molecule has 0 amide bonds. The van der Waals surface area contributed by atoms with Gasteiger partial charge in [-0.3, -0.25) is 0 Å². The van der Waals surface area contributed by atoms with Gasteiger partial charge in [0, 0.05) is 15.2 Å². The van der Waals surface area contributed by atoms with Crippen molar-refractivity contribution < 1.29 is 0 Å². The lowest BCUT2D eigenvalue weighted by atomic mass is 9.69. The van der Waals surface area contributed by atoms with Gasteiger partial charge in [-0.05, 0) is 79.9 Å². The van der Waals surface area contributed by atoms with Gasteiger partial charge in [-0.25, -0.2) is 0 Å². The van der Waals surface area contributed by atoms with Crippen LogP contribution in [0.3, 0.4) is 0 Å². The smallest absolute Gasteiger partial charge is 0.0296 e. The maximum absolute atomic E-state index is 4.78. The highest BCUT2D eigenvalue weighted by Gasteiger charge is 2.43. The van der Waals surface area contributed by atoms with E-state index in [0.29, 0.717) is 0 Å². The first-order chi connectivity index (χ1) is 18.2. The number of hydrogen-bond donors (Lipinski definition) is 2. The zero-order valence-corrected chi connectivity index (χ0v) is 22.1. The minimum absolute atomic E-state index is 0.199. The number of benzene rings is 6. The Morgan fingerprint density at radius 3 is 1.30 bits per heavy atom. The van der Waals surface area contributed by atoms with Crippen molar-refractivity contribution in [1.82, 2.24) is 0 Å². The third kappa shape index (κ3) is 3.54. The van der Waals surface area contributed by atoms with Gasteiger partial charge < -0.3 is 0 Å². The molecule has 1 aliphatic rings. The Morgan fingerprint density at radius 2 is 0.811 bits per heavy atom. The van der Waals surface area contributed by atoms with Crippen molar-refractivity contribution in [2.75, 3.05) is 0 Å². The Bertz CT molecular complexity index is 1680. The molecule has 0 heterocycles. The molecule has 7 rings (SSSR count). The fourth-order valence-corrected chi connectivity index (χ4v) is 7.10. The van der Waals surface area contributed by atoms with Crippen LogP contribution in [-0.2, 0) is 18.3 Å². The largest absolute Gasteiger partial charge is 0.143 e. The molecule has 0 aromatic heterocycles. The molecular formula is C35H26S2. The van der Waals surface area contributed by atoms with Crippen LogP contribution in [0.4, 0.5) is 0 Å². The van der Waals surface area contributed by atoms with E-state index in [2.05, 4.69) is 121 Å². The van der Waals surface area contributed by atoms with E-state index in [9.17, 15) is 0 Å². The van der Waals surface area contributed by atoms with E-state index in [4.69, 9.17) is 25.3 Å². The predicted octanol–water partition coefficient (Wildman–Crippen LogP) is 9.32. The van der Waals surface area contributed by atoms with E-state index in [0.717, 1.165) is 22.6 Å². The van der Waals surface area contributed by atoms with E-state index in [-0.39, 0.29) is 5.41 Å². The molecule has 2 heteroatoms. The van der Waals surface area contributed by atoms with Crippen molar-refractivity contribution in [3.63, 3.8) is 0 Å². The summed E-state index contributed by atoms with van der Waals surface area (Å²) in [5, 5.41) is 4.99. The van der Waals surface area contributed by atoms with Gasteiger partial charge in [0.1, 0.15) is 0 Å². The molecule has 0 atom stereocenters. The second kappa shape index (κ2) is 8.83. The lowest BCUT2D eigenvalue weighted by Gasteiger charge is -2.34. The molecule has 0 spiro atoms. The van der Waals surface area contributed by atoms with Gasteiger partial charge in [-0.1, -0.05) is 109 Å². The Hall–Kier alpha value is -3.46. The summed E-state index contributed by atoms with van der Waals surface area (Å²) in [6.45, 7) is 0. The summed E-state index contributed by atoms with van der Waals surface area (Å²) in [4.78, 5) is 2.05. The normalized spacial score (nSPS) is 13.6. The van der Waals surface area contributed by atoms with Crippen LogP contribution in [0, 0.1) is 0 Å². The van der Waals surface area contributed by atoms with Crippen LogP contribution in [0.5, 0.6) is 0 Å². The van der Waals surface area contributed by atoms with Gasteiger partial charge in [0.2, 0.25) is 0 Å². The number of thiol groups is 2. The Morgan fingerprint density at radius 1 is 0.405 bits per heavy atom. The second-order valence-electron chi connectivity index (χ2n) is 10.1. The van der Waals surface area contributed by atoms with E-state index in [1.807, 2.05) is 0 Å². The maximum atomic E-state index is 4.78. The topological polar surface area (TPSA) is 0 Å². The van der Waals surface area contributed by atoms with E-state index < -0.39 is 0 Å². The minimum Gasteiger partial charge on any atom is -0.143 e. The molecule has 0 nitrogen and oxygen atoms in total. The van der Waals surface area contributed by atoms with E-state index >= 15 is 0 Å². The van der Waals surface area contributed by atoms with Gasteiger partial charge in [0.05, 0.1) is 0 Å². The van der Waals surface area contributed by atoms with Gasteiger partial charge >= 0.3 is 0 Å². The Balaban J connectivity index is 1.51. The number of rotatable bonds is 4. The van der Waals surface area contributed by atoms with Gasteiger partial charge in [-0.15, -0.1) is 25.3 Å². The molecule has 6 aromatic rings. The van der Waals surface area contributed by atoms with Crippen molar-refractivity contribution in [2.24, 2.45) is 0 Å². The summed E-state index contributed by atoms with van der Waals surface area (Å²) >= 11 is 9.56. The van der Waals surface area contributed by atoms with Gasteiger partial charge in [-0.2, -0.15) is 0 Å². The number of fused-ring (bicyclic) bond motifs is 5. The highest BCUT2D eigenvalue weighted by molar-refractivity contribution is 7.80. The highest BCUT2D eigenvalue weighted by Crippen LogP contribution is 2.53. The van der Waals surface area contributed by atoms with Crippen LogP contribution >= 0.6 is 25.3 Å². The molecule has 0 bridgehead atoms. The molecule has 0 fully saturated rings. The van der Waals surface area contributed by atoms with E-state index in [1.165, 1.54) is 54.9 Å². The first-order valence-electron chi connectivity index (χ1n) is 12.7. The number of hydrogen-bond acceptors (Lipinski definition) is 2. The minimum atomic E-state index is -0.199. The van der Waals surface area contributed by atoms with Crippen molar-refractivity contribution in [3.8, 4) is 11.1 Å². The van der Waals surface area contributed by atoms with Crippen LogP contribution < -0.4 is 0 Å². The summed E-state index contributed by atoms with van der Waals surface area (Å²) in [5.74, 6) is 0. The molecule has 1 aliphatic carbocycles. The van der Waals surface area contributed by atoms with Gasteiger partial charge in [0.25, 0.3) is 0 Å². The van der Waals surface area contributed by atoms with Crippen molar-refractivity contribution in [3.05, 3.63) is 144 Å².